The van der Waals surface area contributed by atoms with Crippen molar-refractivity contribution in [1.29, 1.82) is 0 Å². The summed E-state index contributed by atoms with van der Waals surface area (Å²) < 4.78 is 33.5. The predicted molar refractivity (Wildman–Crippen MR) is 229 cm³/mol. The maximum Gasteiger partial charge on any atom is 0.306 e. The quantitative estimate of drug-likeness (QED) is 0.0295. The fraction of sp³-hybridized carbons (Fsp3) is 0.957. The van der Waals surface area contributed by atoms with Gasteiger partial charge in [0.2, 0.25) is 0 Å². The van der Waals surface area contributed by atoms with Crippen molar-refractivity contribution in [3.05, 3.63) is 0 Å². The van der Waals surface area contributed by atoms with E-state index < -0.39 is 92.7 Å². The number of hydrogen-bond acceptors (Lipinski definition) is 15. The van der Waals surface area contributed by atoms with Gasteiger partial charge in [-0.2, -0.15) is 0 Å². The Hall–Kier alpha value is -1.50. The number of esters is 2. The monoisotopic (exact) mass is 879 g/mol. The van der Waals surface area contributed by atoms with Crippen LogP contribution < -0.4 is 0 Å². The third-order valence-corrected chi connectivity index (χ3v) is 11.8. The van der Waals surface area contributed by atoms with Crippen LogP contribution in [0.1, 0.15) is 187 Å². The van der Waals surface area contributed by atoms with Crippen molar-refractivity contribution in [2.24, 2.45) is 0 Å². The van der Waals surface area contributed by atoms with Crippen LogP contribution in [0.5, 0.6) is 0 Å². The molecule has 0 aliphatic carbocycles. The standard InChI is InChI=1S/C46H86O15/c1-3-5-7-9-11-13-15-16-17-18-19-21-22-24-26-28-37(48)56-31-34(59-38(49)29-27-25-23-20-14-12-10-8-6-4-2)32-57-45-44(55)42(53)40(51)36(61-45)33-58-46-43(54)41(52)39(50)35(30-47)60-46/h34-36,39-47,50-55H,3-33H2,1-2H3/t34-,35-,36-,39+,40+,41?,42?,43?,44?,45-,46-/m1/s1. The van der Waals surface area contributed by atoms with Crippen LogP contribution in [0.25, 0.3) is 0 Å². The second-order valence-electron chi connectivity index (χ2n) is 17.3. The van der Waals surface area contributed by atoms with Gasteiger partial charge in [-0.1, -0.05) is 162 Å². The lowest BCUT2D eigenvalue weighted by Crippen LogP contribution is -2.61. The Balaban J connectivity index is 1.82. The van der Waals surface area contributed by atoms with Crippen LogP contribution in [0.4, 0.5) is 0 Å². The molecule has 2 aliphatic rings. The van der Waals surface area contributed by atoms with Gasteiger partial charge >= 0.3 is 11.9 Å². The van der Waals surface area contributed by atoms with E-state index in [9.17, 15) is 45.3 Å². The second kappa shape index (κ2) is 34.8. The Morgan fingerprint density at radius 1 is 0.459 bits per heavy atom. The van der Waals surface area contributed by atoms with Crippen LogP contribution in [-0.2, 0) is 38.0 Å². The molecular formula is C46H86O15. The van der Waals surface area contributed by atoms with Crippen LogP contribution in [0.2, 0.25) is 0 Å². The van der Waals surface area contributed by atoms with Crippen LogP contribution >= 0.6 is 0 Å². The van der Waals surface area contributed by atoms with Gasteiger partial charge < -0.3 is 64.2 Å². The summed E-state index contributed by atoms with van der Waals surface area (Å²) in [5.41, 5.74) is 0. The van der Waals surface area contributed by atoms with Gasteiger partial charge in [0.25, 0.3) is 0 Å². The lowest BCUT2D eigenvalue weighted by Gasteiger charge is -2.42. The Labute approximate surface area is 366 Å². The van der Waals surface area contributed by atoms with E-state index in [0.29, 0.717) is 12.8 Å². The maximum atomic E-state index is 12.9. The lowest BCUT2D eigenvalue weighted by atomic mass is 9.98. The van der Waals surface area contributed by atoms with Gasteiger partial charge in [0.05, 0.1) is 19.8 Å². The van der Waals surface area contributed by atoms with Gasteiger partial charge in [-0.25, -0.2) is 0 Å². The van der Waals surface area contributed by atoms with Gasteiger partial charge in [0.15, 0.2) is 18.7 Å². The molecule has 15 heteroatoms. The van der Waals surface area contributed by atoms with Crippen LogP contribution in [-0.4, -0.2) is 142 Å². The topological polar surface area (TPSA) is 231 Å². The largest absolute Gasteiger partial charge is 0.462 e. The average molecular weight is 879 g/mol. The molecule has 0 radical (unpaired) electrons. The first kappa shape index (κ1) is 55.6. The molecule has 4 unspecified atom stereocenters. The van der Waals surface area contributed by atoms with Crippen molar-refractivity contribution in [3.8, 4) is 0 Å². The van der Waals surface area contributed by atoms with E-state index in [1.165, 1.54) is 109 Å². The maximum absolute atomic E-state index is 12.9. The molecule has 7 N–H and O–H groups in total. The smallest absolute Gasteiger partial charge is 0.306 e. The van der Waals surface area contributed by atoms with Crippen LogP contribution in [0.3, 0.4) is 0 Å². The number of aliphatic hydroxyl groups excluding tert-OH is 7. The normalized spacial score (nSPS) is 27.2. The molecule has 2 fully saturated rings. The number of ether oxygens (including phenoxy) is 6. The summed E-state index contributed by atoms with van der Waals surface area (Å²) >= 11 is 0. The van der Waals surface area contributed by atoms with Gasteiger partial charge in [-0.05, 0) is 12.8 Å². The minimum atomic E-state index is -1.76. The van der Waals surface area contributed by atoms with E-state index in [4.69, 9.17) is 28.4 Å². The Kier molecular flexibility index (Phi) is 31.8. The van der Waals surface area contributed by atoms with Gasteiger partial charge in [0, 0.05) is 12.8 Å². The summed E-state index contributed by atoms with van der Waals surface area (Å²) in [5, 5.41) is 71.9. The molecule has 0 aromatic heterocycles. The van der Waals surface area contributed by atoms with E-state index in [1.807, 2.05) is 0 Å². The summed E-state index contributed by atoms with van der Waals surface area (Å²) in [6.07, 6.45) is 12.9. The summed E-state index contributed by atoms with van der Waals surface area (Å²) in [5.74, 6) is -0.915. The van der Waals surface area contributed by atoms with Gasteiger partial charge in [-0.3, -0.25) is 9.59 Å². The highest BCUT2D eigenvalue weighted by Gasteiger charge is 2.47. The first-order valence-electron chi connectivity index (χ1n) is 24.1. The van der Waals surface area contributed by atoms with E-state index in [1.54, 1.807) is 0 Å². The molecule has 2 rings (SSSR count). The molecule has 11 atom stereocenters. The molecule has 0 aromatic rings. The fourth-order valence-electron chi connectivity index (χ4n) is 7.81. The zero-order valence-electron chi connectivity index (χ0n) is 37.7. The first-order chi connectivity index (χ1) is 29.5. The molecule has 2 heterocycles. The molecule has 0 amide bonds. The third-order valence-electron chi connectivity index (χ3n) is 11.8. The lowest BCUT2D eigenvalue weighted by molar-refractivity contribution is -0.332. The third kappa shape index (κ3) is 23.8. The Morgan fingerprint density at radius 3 is 1.28 bits per heavy atom. The Morgan fingerprint density at radius 2 is 0.836 bits per heavy atom. The molecule has 0 spiro atoms. The molecular weight excluding hydrogens is 792 g/mol. The van der Waals surface area contributed by atoms with Crippen molar-refractivity contribution >= 4 is 11.9 Å². The van der Waals surface area contributed by atoms with E-state index in [0.717, 1.165) is 38.5 Å². The average Bonchev–Trinajstić information content (AvgIpc) is 3.25. The van der Waals surface area contributed by atoms with Crippen LogP contribution in [0.15, 0.2) is 0 Å². The summed E-state index contributed by atoms with van der Waals surface area (Å²) in [4.78, 5) is 25.6. The summed E-state index contributed by atoms with van der Waals surface area (Å²) in [7, 11) is 0. The minimum Gasteiger partial charge on any atom is -0.462 e. The number of carbonyl (C=O) groups excluding carboxylic acids is 2. The van der Waals surface area contributed by atoms with Gasteiger partial charge in [-0.15, -0.1) is 0 Å². The highest BCUT2D eigenvalue weighted by atomic mass is 16.7. The van der Waals surface area contributed by atoms with Crippen molar-refractivity contribution < 1.29 is 73.8 Å². The number of carbonyl (C=O) groups is 2. The van der Waals surface area contributed by atoms with E-state index in [2.05, 4.69) is 13.8 Å². The molecule has 360 valence electrons. The first-order valence-corrected chi connectivity index (χ1v) is 24.1. The zero-order chi connectivity index (χ0) is 44.7. The minimum absolute atomic E-state index is 0.172. The van der Waals surface area contributed by atoms with Gasteiger partial charge in [0.1, 0.15) is 55.4 Å². The molecule has 0 saturated carbocycles. The highest BCUT2D eigenvalue weighted by molar-refractivity contribution is 5.70. The number of rotatable bonds is 37. The van der Waals surface area contributed by atoms with Crippen molar-refractivity contribution in [1.82, 2.24) is 0 Å². The zero-order valence-corrected chi connectivity index (χ0v) is 37.7. The number of unbranched alkanes of at least 4 members (excludes halogenated alkanes) is 23. The fourth-order valence-corrected chi connectivity index (χ4v) is 7.81. The van der Waals surface area contributed by atoms with E-state index in [-0.39, 0.29) is 26.1 Å². The molecule has 2 aliphatic heterocycles. The van der Waals surface area contributed by atoms with Crippen LogP contribution in [0, 0.1) is 0 Å². The number of hydrogen-bond donors (Lipinski definition) is 7. The predicted octanol–water partition coefficient (Wildman–Crippen LogP) is 5.65. The highest BCUT2D eigenvalue weighted by Crippen LogP contribution is 2.26. The Bertz CT molecular complexity index is 1080. The second-order valence-corrected chi connectivity index (χ2v) is 17.3. The van der Waals surface area contributed by atoms with Crippen molar-refractivity contribution in [2.45, 2.75) is 255 Å². The molecule has 0 bridgehead atoms. The van der Waals surface area contributed by atoms with Crippen molar-refractivity contribution in [2.75, 3.05) is 26.4 Å². The molecule has 2 saturated heterocycles. The molecule has 61 heavy (non-hydrogen) atoms. The summed E-state index contributed by atoms with van der Waals surface area (Å²) in [6, 6.07) is 0. The summed E-state index contributed by atoms with van der Waals surface area (Å²) in [6.45, 7) is 2.58. The molecule has 15 nitrogen and oxygen atoms in total. The number of aliphatic hydroxyl groups is 7. The SMILES string of the molecule is CCCCCCCCCCCCCCCCCC(=O)OC[C@H](CO[C@@H]1O[C@H](CO[C@@H]2O[C@H](CO)[C@H](O)C(O)C2O)[C@H](O)C(O)C1O)OC(=O)CCCCCCCCCCCC. The van der Waals surface area contributed by atoms with E-state index >= 15 is 0 Å². The van der Waals surface area contributed by atoms with Crippen molar-refractivity contribution in [3.63, 3.8) is 0 Å². The molecule has 0 aromatic carbocycles.